The first-order valence-electron chi connectivity index (χ1n) is 6.65. The van der Waals surface area contributed by atoms with Crippen LogP contribution < -0.4 is 10.6 Å². The first-order valence-corrected chi connectivity index (χ1v) is 6.65. The zero-order chi connectivity index (χ0) is 14.5. The molecule has 0 saturated carbocycles. The number of aryl methyl sites for hydroxylation is 2. The second-order valence-corrected chi connectivity index (χ2v) is 4.83. The molecule has 5 nitrogen and oxygen atoms in total. The van der Waals surface area contributed by atoms with Gasteiger partial charge in [0.25, 0.3) is 0 Å². The lowest BCUT2D eigenvalue weighted by molar-refractivity contribution is -0.120. The van der Waals surface area contributed by atoms with Gasteiger partial charge in [0.1, 0.15) is 17.3 Å². The zero-order valence-electron chi connectivity index (χ0n) is 12.0. The normalized spacial score (nSPS) is 12.3. The average Bonchev–Trinajstić information content (AvgIpc) is 3.03. The number of carbonyl (C=O) groups is 1. The van der Waals surface area contributed by atoms with Gasteiger partial charge in [-0.05, 0) is 39.0 Å². The van der Waals surface area contributed by atoms with E-state index in [1.807, 2.05) is 32.9 Å². The predicted octanol–water partition coefficient (Wildman–Crippen LogP) is 2.46. The van der Waals surface area contributed by atoms with Gasteiger partial charge in [-0.2, -0.15) is 0 Å². The van der Waals surface area contributed by atoms with E-state index in [-0.39, 0.29) is 18.5 Å². The minimum absolute atomic E-state index is 0.0638. The number of hydrogen-bond acceptors (Lipinski definition) is 4. The number of rotatable bonds is 6. The molecule has 5 heteroatoms. The molecule has 1 atom stereocenters. The molecule has 2 rings (SSSR count). The zero-order valence-corrected chi connectivity index (χ0v) is 12.0. The maximum Gasteiger partial charge on any atom is 0.234 e. The second kappa shape index (κ2) is 6.43. The monoisotopic (exact) mass is 276 g/mol. The molecule has 0 saturated heterocycles. The van der Waals surface area contributed by atoms with Gasteiger partial charge in [0.2, 0.25) is 5.91 Å². The maximum absolute atomic E-state index is 11.7. The van der Waals surface area contributed by atoms with Crippen molar-refractivity contribution in [3.63, 3.8) is 0 Å². The van der Waals surface area contributed by atoms with Gasteiger partial charge >= 0.3 is 0 Å². The Labute approximate surface area is 118 Å². The SMILES string of the molecule is Cc1cc(C(C)NCC(=O)NCc2ccco2)c(C)o1. The first kappa shape index (κ1) is 14.4. The summed E-state index contributed by atoms with van der Waals surface area (Å²) in [5, 5.41) is 5.97. The molecule has 1 unspecified atom stereocenters. The number of hydrogen-bond donors (Lipinski definition) is 2. The molecular weight excluding hydrogens is 256 g/mol. The highest BCUT2D eigenvalue weighted by Gasteiger charge is 2.13. The van der Waals surface area contributed by atoms with Gasteiger partial charge in [-0.25, -0.2) is 0 Å². The van der Waals surface area contributed by atoms with Crippen molar-refractivity contribution >= 4 is 5.91 Å². The summed E-state index contributed by atoms with van der Waals surface area (Å²) < 4.78 is 10.6. The van der Waals surface area contributed by atoms with Crippen LogP contribution in [-0.4, -0.2) is 12.5 Å². The highest BCUT2D eigenvalue weighted by Crippen LogP contribution is 2.20. The Kier molecular flexibility index (Phi) is 4.63. The van der Waals surface area contributed by atoms with Gasteiger partial charge in [-0.15, -0.1) is 0 Å². The van der Waals surface area contributed by atoms with Crippen LogP contribution in [0.2, 0.25) is 0 Å². The fourth-order valence-electron chi connectivity index (χ4n) is 2.10. The molecule has 0 bridgehead atoms. The van der Waals surface area contributed by atoms with Crippen molar-refractivity contribution in [2.24, 2.45) is 0 Å². The Balaban J connectivity index is 1.76. The smallest absolute Gasteiger partial charge is 0.234 e. The molecule has 2 aromatic heterocycles. The minimum Gasteiger partial charge on any atom is -0.467 e. The van der Waals surface area contributed by atoms with E-state index in [1.54, 1.807) is 12.3 Å². The van der Waals surface area contributed by atoms with Crippen LogP contribution in [-0.2, 0) is 11.3 Å². The predicted molar refractivity (Wildman–Crippen MR) is 75.2 cm³/mol. The lowest BCUT2D eigenvalue weighted by atomic mass is 10.1. The molecule has 0 spiro atoms. The van der Waals surface area contributed by atoms with Crippen LogP contribution in [0.3, 0.4) is 0 Å². The lowest BCUT2D eigenvalue weighted by Crippen LogP contribution is -2.34. The molecule has 2 N–H and O–H groups in total. The van der Waals surface area contributed by atoms with Gasteiger partial charge in [-0.1, -0.05) is 0 Å². The molecule has 0 aromatic carbocycles. The first-order chi connectivity index (χ1) is 9.56. The number of nitrogens with one attached hydrogen (secondary N) is 2. The Hall–Kier alpha value is -2.01. The summed E-state index contributed by atoms with van der Waals surface area (Å²) in [6.07, 6.45) is 1.59. The molecule has 2 heterocycles. The third kappa shape index (κ3) is 3.74. The molecule has 108 valence electrons. The van der Waals surface area contributed by atoms with Gasteiger partial charge in [0.15, 0.2) is 0 Å². The summed E-state index contributed by atoms with van der Waals surface area (Å²) in [7, 11) is 0. The van der Waals surface area contributed by atoms with Crippen molar-refractivity contribution in [2.75, 3.05) is 6.54 Å². The van der Waals surface area contributed by atoms with Crippen LogP contribution in [0.1, 0.15) is 35.8 Å². The number of furan rings is 2. The Bertz CT molecular complexity index is 558. The highest BCUT2D eigenvalue weighted by atomic mass is 16.3. The molecule has 0 aliphatic heterocycles. The number of amides is 1. The third-order valence-corrected chi connectivity index (χ3v) is 3.15. The van der Waals surface area contributed by atoms with Crippen molar-refractivity contribution < 1.29 is 13.6 Å². The van der Waals surface area contributed by atoms with Crippen LogP contribution in [0.15, 0.2) is 33.3 Å². The van der Waals surface area contributed by atoms with Crippen molar-refractivity contribution in [1.29, 1.82) is 0 Å². The van der Waals surface area contributed by atoms with Gasteiger partial charge in [0, 0.05) is 11.6 Å². The summed E-state index contributed by atoms with van der Waals surface area (Å²) in [4.78, 5) is 11.7. The lowest BCUT2D eigenvalue weighted by Gasteiger charge is -2.12. The van der Waals surface area contributed by atoms with Gasteiger partial charge in [-0.3, -0.25) is 4.79 Å². The number of carbonyl (C=O) groups excluding carboxylic acids is 1. The maximum atomic E-state index is 11.7. The Morgan fingerprint density at radius 2 is 2.20 bits per heavy atom. The molecule has 2 aromatic rings. The van der Waals surface area contributed by atoms with E-state index in [0.717, 1.165) is 22.8 Å². The fourth-order valence-corrected chi connectivity index (χ4v) is 2.10. The van der Waals surface area contributed by atoms with Crippen molar-refractivity contribution in [3.8, 4) is 0 Å². The largest absolute Gasteiger partial charge is 0.467 e. The van der Waals surface area contributed by atoms with E-state index in [1.165, 1.54) is 0 Å². The van der Waals surface area contributed by atoms with Crippen molar-refractivity contribution in [3.05, 3.63) is 47.3 Å². The van der Waals surface area contributed by atoms with E-state index in [2.05, 4.69) is 10.6 Å². The van der Waals surface area contributed by atoms with Gasteiger partial charge in [0.05, 0.1) is 19.4 Å². The van der Waals surface area contributed by atoms with Crippen LogP contribution in [0.4, 0.5) is 0 Å². The Morgan fingerprint density at radius 1 is 1.40 bits per heavy atom. The fraction of sp³-hybridized carbons (Fsp3) is 0.400. The van der Waals surface area contributed by atoms with Crippen LogP contribution in [0, 0.1) is 13.8 Å². The molecule has 0 radical (unpaired) electrons. The summed E-state index contributed by atoms with van der Waals surface area (Å²) in [5.41, 5.74) is 1.08. The van der Waals surface area contributed by atoms with E-state index in [9.17, 15) is 4.79 Å². The van der Waals surface area contributed by atoms with Crippen LogP contribution in [0.5, 0.6) is 0 Å². The van der Waals surface area contributed by atoms with Crippen molar-refractivity contribution in [1.82, 2.24) is 10.6 Å². The summed E-state index contributed by atoms with van der Waals surface area (Å²) in [6.45, 7) is 6.52. The quantitative estimate of drug-likeness (QED) is 0.850. The summed E-state index contributed by atoms with van der Waals surface area (Å²) in [5.74, 6) is 2.45. The van der Waals surface area contributed by atoms with Crippen LogP contribution in [0.25, 0.3) is 0 Å². The summed E-state index contributed by atoms with van der Waals surface area (Å²) >= 11 is 0. The van der Waals surface area contributed by atoms with E-state index < -0.39 is 0 Å². The molecule has 0 aliphatic rings. The second-order valence-electron chi connectivity index (χ2n) is 4.83. The van der Waals surface area contributed by atoms with Crippen molar-refractivity contribution in [2.45, 2.75) is 33.4 Å². The van der Waals surface area contributed by atoms with E-state index in [0.29, 0.717) is 6.54 Å². The summed E-state index contributed by atoms with van der Waals surface area (Å²) in [6, 6.07) is 5.69. The van der Waals surface area contributed by atoms with E-state index >= 15 is 0 Å². The molecule has 0 fully saturated rings. The van der Waals surface area contributed by atoms with Crippen LogP contribution >= 0.6 is 0 Å². The molecule has 1 amide bonds. The molecule has 0 aliphatic carbocycles. The standard InChI is InChI=1S/C15H20N2O3/c1-10-7-14(12(3)20-10)11(2)16-9-15(18)17-8-13-5-4-6-19-13/h4-7,11,16H,8-9H2,1-3H3,(H,17,18). The van der Waals surface area contributed by atoms with E-state index in [4.69, 9.17) is 8.83 Å². The topological polar surface area (TPSA) is 67.4 Å². The molecule has 20 heavy (non-hydrogen) atoms. The van der Waals surface area contributed by atoms with Gasteiger partial charge < -0.3 is 19.5 Å². The average molecular weight is 276 g/mol. The highest BCUT2D eigenvalue weighted by molar-refractivity contribution is 5.77. The molecular formula is C15H20N2O3. The minimum atomic E-state index is -0.0638. The Morgan fingerprint density at radius 3 is 2.80 bits per heavy atom. The third-order valence-electron chi connectivity index (χ3n) is 3.15.